The van der Waals surface area contributed by atoms with Gasteiger partial charge in [0.05, 0.1) is 21.5 Å². The molecule has 3 aromatic rings. The zero-order chi connectivity index (χ0) is 23.5. The van der Waals surface area contributed by atoms with Crippen molar-refractivity contribution in [2.75, 3.05) is 31.9 Å². The molecule has 34 heavy (non-hydrogen) atoms. The fraction of sp³-hybridized carbons (Fsp3) is 0.440. The Morgan fingerprint density at radius 3 is 2.44 bits per heavy atom. The SMILES string of the molecule is O=C(CSc1nc2ccccc2c(=O)n1C1CCCCC1)N1CCN(C(=O)c2cccs2)CC1. The van der Waals surface area contributed by atoms with Gasteiger partial charge in [-0.1, -0.05) is 49.2 Å². The second-order valence-corrected chi connectivity index (χ2v) is 10.7. The number of rotatable bonds is 5. The highest BCUT2D eigenvalue weighted by Crippen LogP contribution is 2.31. The topological polar surface area (TPSA) is 75.5 Å². The summed E-state index contributed by atoms with van der Waals surface area (Å²) in [5.41, 5.74) is 0.670. The van der Waals surface area contributed by atoms with E-state index in [9.17, 15) is 14.4 Å². The van der Waals surface area contributed by atoms with Crippen LogP contribution in [0.4, 0.5) is 0 Å². The number of carbonyl (C=O) groups excluding carboxylic acids is 2. The molecular weight excluding hydrogens is 468 g/mol. The molecule has 0 unspecified atom stereocenters. The molecule has 1 aliphatic carbocycles. The maximum Gasteiger partial charge on any atom is 0.264 e. The molecule has 2 aromatic heterocycles. The molecule has 0 spiro atoms. The molecule has 7 nitrogen and oxygen atoms in total. The lowest BCUT2D eigenvalue weighted by atomic mass is 9.95. The van der Waals surface area contributed by atoms with Crippen LogP contribution in [-0.2, 0) is 4.79 Å². The first-order valence-corrected chi connectivity index (χ1v) is 13.7. The summed E-state index contributed by atoms with van der Waals surface area (Å²) in [6.45, 7) is 2.12. The molecule has 1 aromatic carbocycles. The van der Waals surface area contributed by atoms with Gasteiger partial charge in [-0.2, -0.15) is 0 Å². The molecule has 0 radical (unpaired) electrons. The first kappa shape index (κ1) is 23.1. The van der Waals surface area contributed by atoms with E-state index >= 15 is 0 Å². The number of piperazine rings is 1. The lowest BCUT2D eigenvalue weighted by molar-refractivity contribution is -0.129. The summed E-state index contributed by atoms with van der Waals surface area (Å²) in [5.74, 6) is 0.287. The van der Waals surface area contributed by atoms with Crippen LogP contribution in [0, 0.1) is 0 Å². The molecule has 2 fully saturated rings. The van der Waals surface area contributed by atoms with Crippen LogP contribution in [0.3, 0.4) is 0 Å². The molecule has 178 valence electrons. The Labute approximate surface area is 206 Å². The zero-order valence-corrected chi connectivity index (χ0v) is 20.7. The third-order valence-corrected chi connectivity index (χ3v) is 8.49. The largest absolute Gasteiger partial charge is 0.338 e. The van der Waals surface area contributed by atoms with E-state index in [-0.39, 0.29) is 29.2 Å². The molecule has 0 atom stereocenters. The van der Waals surface area contributed by atoms with Crippen LogP contribution in [0.2, 0.25) is 0 Å². The normalized spacial score (nSPS) is 17.3. The molecule has 9 heteroatoms. The second-order valence-electron chi connectivity index (χ2n) is 8.82. The monoisotopic (exact) mass is 496 g/mol. The molecule has 2 aliphatic rings. The molecule has 1 aliphatic heterocycles. The highest BCUT2D eigenvalue weighted by Gasteiger charge is 2.27. The second kappa shape index (κ2) is 10.3. The summed E-state index contributed by atoms with van der Waals surface area (Å²) in [6, 6.07) is 11.3. The number of fused-ring (bicyclic) bond motifs is 1. The van der Waals surface area contributed by atoms with Crippen LogP contribution in [0.1, 0.15) is 47.8 Å². The van der Waals surface area contributed by atoms with E-state index in [1.54, 1.807) is 0 Å². The molecule has 1 saturated heterocycles. The summed E-state index contributed by atoms with van der Waals surface area (Å²) in [7, 11) is 0. The first-order valence-electron chi connectivity index (χ1n) is 11.9. The average Bonchev–Trinajstić information content (AvgIpc) is 3.43. The van der Waals surface area contributed by atoms with Crippen LogP contribution < -0.4 is 5.56 Å². The maximum absolute atomic E-state index is 13.4. The van der Waals surface area contributed by atoms with E-state index in [1.807, 2.05) is 56.1 Å². The van der Waals surface area contributed by atoms with Crippen molar-refractivity contribution in [3.05, 3.63) is 57.0 Å². The third kappa shape index (κ3) is 4.77. The van der Waals surface area contributed by atoms with E-state index in [2.05, 4.69) is 0 Å². The maximum atomic E-state index is 13.4. The Morgan fingerprint density at radius 1 is 0.971 bits per heavy atom. The van der Waals surface area contributed by atoms with Gasteiger partial charge < -0.3 is 9.80 Å². The van der Waals surface area contributed by atoms with Crippen LogP contribution in [0.15, 0.2) is 51.7 Å². The van der Waals surface area contributed by atoms with Gasteiger partial charge in [-0.3, -0.25) is 19.0 Å². The highest BCUT2D eigenvalue weighted by atomic mass is 32.2. The third-order valence-electron chi connectivity index (χ3n) is 6.69. The summed E-state index contributed by atoms with van der Waals surface area (Å²) >= 11 is 2.80. The quantitative estimate of drug-likeness (QED) is 0.394. The van der Waals surface area contributed by atoms with Gasteiger partial charge in [-0.15, -0.1) is 11.3 Å². The number of aromatic nitrogens is 2. The van der Waals surface area contributed by atoms with Crippen LogP contribution in [0.25, 0.3) is 10.9 Å². The van der Waals surface area contributed by atoms with E-state index in [0.29, 0.717) is 42.2 Å². The van der Waals surface area contributed by atoms with Crippen LogP contribution in [-0.4, -0.2) is 63.1 Å². The highest BCUT2D eigenvalue weighted by molar-refractivity contribution is 7.99. The summed E-state index contributed by atoms with van der Waals surface area (Å²) < 4.78 is 1.84. The molecule has 0 bridgehead atoms. The van der Waals surface area contributed by atoms with Crippen molar-refractivity contribution in [1.82, 2.24) is 19.4 Å². The average molecular weight is 497 g/mol. The number of thioether (sulfide) groups is 1. The van der Waals surface area contributed by atoms with E-state index in [4.69, 9.17) is 4.98 Å². The number of hydrogen-bond acceptors (Lipinski definition) is 6. The van der Waals surface area contributed by atoms with Gasteiger partial charge in [-0.25, -0.2) is 4.98 Å². The van der Waals surface area contributed by atoms with E-state index in [0.717, 1.165) is 30.6 Å². The minimum absolute atomic E-state index is 0.00634. The van der Waals surface area contributed by atoms with Gasteiger partial charge in [-0.05, 0) is 36.4 Å². The number of carbonyl (C=O) groups is 2. The number of nitrogens with zero attached hydrogens (tertiary/aromatic N) is 4. The van der Waals surface area contributed by atoms with Crippen LogP contribution in [0.5, 0.6) is 0 Å². The Morgan fingerprint density at radius 2 is 1.71 bits per heavy atom. The van der Waals surface area contributed by atoms with Crippen molar-refractivity contribution >= 4 is 45.8 Å². The molecular formula is C25H28N4O3S2. The zero-order valence-electron chi connectivity index (χ0n) is 19.0. The summed E-state index contributed by atoms with van der Waals surface area (Å²) in [4.78, 5) is 48.1. The number of hydrogen-bond donors (Lipinski definition) is 0. The van der Waals surface area contributed by atoms with Gasteiger partial charge in [0.15, 0.2) is 5.16 Å². The Hall–Kier alpha value is -2.65. The van der Waals surface area contributed by atoms with Crippen LogP contribution >= 0.6 is 23.1 Å². The smallest absolute Gasteiger partial charge is 0.264 e. The molecule has 3 heterocycles. The lowest BCUT2D eigenvalue weighted by Crippen LogP contribution is -2.51. The van der Waals surface area contributed by atoms with E-state index < -0.39 is 0 Å². The fourth-order valence-corrected chi connectivity index (χ4v) is 6.48. The van der Waals surface area contributed by atoms with Gasteiger partial charge in [0.25, 0.3) is 11.5 Å². The molecule has 2 amide bonds. The Bertz CT molecular complexity index is 1230. The predicted octanol–water partition coefficient (Wildman–Crippen LogP) is 4.04. The Balaban J connectivity index is 1.28. The predicted molar refractivity (Wildman–Crippen MR) is 136 cm³/mol. The molecule has 0 N–H and O–H groups in total. The van der Waals surface area contributed by atoms with Crippen molar-refractivity contribution in [2.45, 2.75) is 43.3 Å². The van der Waals surface area contributed by atoms with Gasteiger partial charge >= 0.3 is 0 Å². The lowest BCUT2D eigenvalue weighted by Gasteiger charge is -2.34. The van der Waals surface area contributed by atoms with E-state index in [1.165, 1.54) is 29.5 Å². The number of amides is 2. The van der Waals surface area contributed by atoms with Gasteiger partial charge in [0.2, 0.25) is 5.91 Å². The number of thiophene rings is 1. The van der Waals surface area contributed by atoms with Gasteiger partial charge in [0, 0.05) is 32.2 Å². The fourth-order valence-electron chi connectivity index (χ4n) is 4.82. The van der Waals surface area contributed by atoms with Crippen molar-refractivity contribution < 1.29 is 9.59 Å². The summed E-state index contributed by atoms with van der Waals surface area (Å²) in [6.07, 6.45) is 5.38. The van der Waals surface area contributed by atoms with Gasteiger partial charge in [0.1, 0.15) is 0 Å². The summed E-state index contributed by atoms with van der Waals surface area (Å²) in [5, 5.41) is 3.17. The van der Waals surface area contributed by atoms with Crippen molar-refractivity contribution in [3.8, 4) is 0 Å². The molecule has 5 rings (SSSR count). The van der Waals surface area contributed by atoms with Crippen molar-refractivity contribution in [1.29, 1.82) is 0 Å². The first-order chi connectivity index (χ1) is 16.6. The minimum atomic E-state index is -0.00634. The minimum Gasteiger partial charge on any atom is -0.338 e. The Kier molecular flexibility index (Phi) is 7.01. The van der Waals surface area contributed by atoms with Crippen molar-refractivity contribution in [3.63, 3.8) is 0 Å². The standard InChI is InChI=1S/C25H28N4O3S2/c30-22(27-12-14-28(15-13-27)24(32)21-11-6-16-33-21)17-34-25-26-20-10-5-4-9-19(20)23(31)29(25)18-7-2-1-3-8-18/h4-6,9-11,16,18H,1-3,7-8,12-15,17H2. The number of para-hydroxylation sites is 1. The van der Waals surface area contributed by atoms with Crippen molar-refractivity contribution in [2.24, 2.45) is 0 Å². The number of benzene rings is 1. The molecule has 1 saturated carbocycles.